The second-order valence-electron chi connectivity index (χ2n) is 4.90. The van der Waals surface area contributed by atoms with E-state index in [1.54, 1.807) is 18.2 Å². The number of nitrogens with zero attached hydrogens (tertiary/aromatic N) is 2. The zero-order valence-corrected chi connectivity index (χ0v) is 15.5. The minimum atomic E-state index is -0.273. The molecule has 0 fully saturated rings. The zero-order chi connectivity index (χ0) is 16.4. The number of fused-ring (bicyclic) bond motifs is 1. The molecule has 23 heavy (non-hydrogen) atoms. The van der Waals surface area contributed by atoms with Gasteiger partial charge in [0.05, 0.1) is 17.2 Å². The van der Waals surface area contributed by atoms with Crippen molar-refractivity contribution in [3.63, 3.8) is 0 Å². The Kier molecular flexibility index (Phi) is 4.76. The first-order valence-corrected chi connectivity index (χ1v) is 8.60. The van der Waals surface area contributed by atoms with Crippen molar-refractivity contribution in [2.45, 2.75) is 6.54 Å². The molecule has 0 atom stereocenters. The minimum absolute atomic E-state index is 0.0836. The summed E-state index contributed by atoms with van der Waals surface area (Å²) in [5.74, 6) is -0.273. The molecule has 5 nitrogen and oxygen atoms in total. The van der Waals surface area contributed by atoms with Crippen molar-refractivity contribution < 1.29 is 4.79 Å². The van der Waals surface area contributed by atoms with Gasteiger partial charge in [-0.1, -0.05) is 22.0 Å². The third-order valence-corrected chi connectivity index (χ3v) is 4.37. The molecule has 7 heteroatoms. The fraction of sp³-hybridized carbons (Fsp3) is 0.0625. The first-order chi connectivity index (χ1) is 11.0. The van der Waals surface area contributed by atoms with Gasteiger partial charge in [0.1, 0.15) is 6.54 Å². The van der Waals surface area contributed by atoms with Gasteiger partial charge in [0, 0.05) is 13.7 Å². The van der Waals surface area contributed by atoms with E-state index in [4.69, 9.17) is 0 Å². The van der Waals surface area contributed by atoms with Gasteiger partial charge in [-0.2, -0.15) is 0 Å². The van der Waals surface area contributed by atoms with Gasteiger partial charge in [-0.3, -0.25) is 14.2 Å². The lowest BCUT2D eigenvalue weighted by molar-refractivity contribution is -0.116. The van der Waals surface area contributed by atoms with Crippen molar-refractivity contribution in [1.29, 1.82) is 0 Å². The molecular weight excluding hydrogens is 473 g/mol. The molecule has 0 aliphatic rings. The van der Waals surface area contributed by atoms with Crippen molar-refractivity contribution in [3.8, 4) is 0 Å². The second kappa shape index (κ2) is 6.79. The maximum Gasteiger partial charge on any atom is 0.261 e. The summed E-state index contributed by atoms with van der Waals surface area (Å²) in [6, 6.07) is 12.7. The Morgan fingerprint density at radius 3 is 2.87 bits per heavy atom. The molecule has 0 spiro atoms. The summed E-state index contributed by atoms with van der Waals surface area (Å²) in [6.07, 6.45) is 1.40. The Balaban J connectivity index is 1.85. The molecule has 0 saturated carbocycles. The van der Waals surface area contributed by atoms with Crippen LogP contribution < -0.4 is 10.9 Å². The number of carbonyl (C=O) groups excluding carboxylic acids is 1. The van der Waals surface area contributed by atoms with Crippen LogP contribution in [-0.4, -0.2) is 15.5 Å². The summed E-state index contributed by atoms with van der Waals surface area (Å²) in [5, 5.41) is 3.25. The first kappa shape index (κ1) is 16.1. The number of anilines is 1. The molecule has 3 rings (SSSR count). The lowest BCUT2D eigenvalue weighted by atomic mass is 10.2. The molecule has 1 aromatic heterocycles. The number of rotatable bonds is 3. The highest BCUT2D eigenvalue weighted by molar-refractivity contribution is 14.1. The van der Waals surface area contributed by atoms with Crippen molar-refractivity contribution in [1.82, 2.24) is 9.55 Å². The summed E-state index contributed by atoms with van der Waals surface area (Å²) in [5.41, 5.74) is 1.06. The van der Waals surface area contributed by atoms with Crippen molar-refractivity contribution in [2.75, 3.05) is 5.32 Å². The molecule has 1 amide bonds. The Morgan fingerprint density at radius 1 is 1.26 bits per heavy atom. The summed E-state index contributed by atoms with van der Waals surface area (Å²) in [6.45, 7) is -0.0836. The monoisotopic (exact) mass is 483 g/mol. The highest BCUT2D eigenvalue weighted by atomic mass is 127. The van der Waals surface area contributed by atoms with Crippen LogP contribution in [0.25, 0.3) is 10.9 Å². The van der Waals surface area contributed by atoms with Crippen molar-refractivity contribution in [2.24, 2.45) is 0 Å². The standard InChI is InChI=1S/C16H11BrIN3O2/c17-10-4-5-14-13(6-10)16(23)21(9-19-14)8-15(22)20-12-3-1-2-11(18)7-12/h1-7,9H,8H2,(H,20,22). The normalized spacial score (nSPS) is 10.7. The smallest absolute Gasteiger partial charge is 0.261 e. The lowest BCUT2D eigenvalue weighted by Crippen LogP contribution is -2.27. The van der Waals surface area contributed by atoms with Crippen LogP contribution in [-0.2, 0) is 11.3 Å². The van der Waals surface area contributed by atoms with E-state index < -0.39 is 0 Å². The lowest BCUT2D eigenvalue weighted by Gasteiger charge is -2.08. The maximum absolute atomic E-state index is 12.4. The van der Waals surface area contributed by atoms with Gasteiger partial charge < -0.3 is 5.32 Å². The largest absolute Gasteiger partial charge is 0.325 e. The molecule has 1 heterocycles. The van der Waals surface area contributed by atoms with Crippen molar-refractivity contribution >= 4 is 61.0 Å². The Morgan fingerprint density at radius 2 is 2.09 bits per heavy atom. The van der Waals surface area contributed by atoms with Crippen LogP contribution in [0.15, 0.2) is 58.1 Å². The van der Waals surface area contributed by atoms with E-state index in [1.807, 2.05) is 24.3 Å². The number of aromatic nitrogens is 2. The topological polar surface area (TPSA) is 64.0 Å². The molecular formula is C16H11BrIN3O2. The van der Waals surface area contributed by atoms with Crippen LogP contribution in [0.2, 0.25) is 0 Å². The van der Waals surface area contributed by atoms with Gasteiger partial charge in [-0.05, 0) is 59.0 Å². The predicted octanol–water partition coefficient (Wildman–Crippen LogP) is 3.40. The maximum atomic E-state index is 12.4. The zero-order valence-electron chi connectivity index (χ0n) is 11.8. The molecule has 0 aliphatic heterocycles. The van der Waals surface area contributed by atoms with E-state index in [0.717, 1.165) is 8.04 Å². The number of carbonyl (C=O) groups is 1. The molecule has 116 valence electrons. The highest BCUT2D eigenvalue weighted by Crippen LogP contribution is 2.15. The number of hydrogen-bond acceptors (Lipinski definition) is 3. The molecule has 0 aliphatic carbocycles. The average Bonchev–Trinajstić information content (AvgIpc) is 2.50. The Labute approximate surface area is 154 Å². The van der Waals surface area contributed by atoms with E-state index in [2.05, 4.69) is 48.8 Å². The van der Waals surface area contributed by atoms with Gasteiger partial charge >= 0.3 is 0 Å². The average molecular weight is 484 g/mol. The molecule has 0 saturated heterocycles. The van der Waals surface area contributed by atoms with Crippen LogP contribution in [0.4, 0.5) is 5.69 Å². The van der Waals surface area contributed by atoms with E-state index >= 15 is 0 Å². The van der Waals surface area contributed by atoms with E-state index in [1.165, 1.54) is 10.9 Å². The third-order valence-electron chi connectivity index (χ3n) is 3.21. The molecule has 0 bridgehead atoms. The molecule has 0 radical (unpaired) electrons. The van der Waals surface area contributed by atoms with E-state index in [-0.39, 0.29) is 18.0 Å². The fourth-order valence-electron chi connectivity index (χ4n) is 2.17. The summed E-state index contributed by atoms with van der Waals surface area (Å²) >= 11 is 5.51. The van der Waals surface area contributed by atoms with E-state index in [0.29, 0.717) is 16.6 Å². The quantitative estimate of drug-likeness (QED) is 0.581. The molecule has 0 unspecified atom stereocenters. The summed E-state index contributed by atoms with van der Waals surface area (Å²) in [7, 11) is 0. The van der Waals surface area contributed by atoms with Crippen LogP contribution >= 0.6 is 38.5 Å². The fourth-order valence-corrected chi connectivity index (χ4v) is 3.07. The molecule has 2 aromatic carbocycles. The van der Waals surface area contributed by atoms with Crippen LogP contribution in [0, 0.1) is 3.57 Å². The second-order valence-corrected chi connectivity index (χ2v) is 7.06. The first-order valence-electron chi connectivity index (χ1n) is 6.73. The highest BCUT2D eigenvalue weighted by Gasteiger charge is 2.09. The summed E-state index contributed by atoms with van der Waals surface area (Å²) in [4.78, 5) is 28.8. The SMILES string of the molecule is O=C(Cn1cnc2ccc(Br)cc2c1=O)Nc1cccc(I)c1. The number of benzene rings is 2. The van der Waals surface area contributed by atoms with Crippen LogP contribution in [0.5, 0.6) is 0 Å². The van der Waals surface area contributed by atoms with Gasteiger partial charge in [-0.25, -0.2) is 4.98 Å². The van der Waals surface area contributed by atoms with Gasteiger partial charge in [0.15, 0.2) is 0 Å². The van der Waals surface area contributed by atoms with Gasteiger partial charge in [-0.15, -0.1) is 0 Å². The Hall–Kier alpha value is -1.74. The number of nitrogens with one attached hydrogen (secondary N) is 1. The van der Waals surface area contributed by atoms with Crippen molar-refractivity contribution in [3.05, 3.63) is 67.2 Å². The Bertz CT molecular complexity index is 955. The van der Waals surface area contributed by atoms with E-state index in [9.17, 15) is 9.59 Å². The van der Waals surface area contributed by atoms with Gasteiger partial charge in [0.2, 0.25) is 5.91 Å². The minimum Gasteiger partial charge on any atom is -0.325 e. The predicted molar refractivity (Wildman–Crippen MR) is 101 cm³/mol. The third kappa shape index (κ3) is 3.78. The number of hydrogen-bond donors (Lipinski definition) is 1. The summed E-state index contributed by atoms with van der Waals surface area (Å²) < 4.78 is 3.12. The molecule has 1 N–H and O–H groups in total. The number of halogens is 2. The molecule has 3 aromatic rings. The van der Waals surface area contributed by atoms with Crippen LogP contribution in [0.3, 0.4) is 0 Å². The van der Waals surface area contributed by atoms with Crippen LogP contribution in [0.1, 0.15) is 0 Å². The number of amides is 1. The van der Waals surface area contributed by atoms with Gasteiger partial charge in [0.25, 0.3) is 5.56 Å².